The van der Waals surface area contributed by atoms with Crippen LogP contribution < -0.4 is 5.32 Å². The summed E-state index contributed by atoms with van der Waals surface area (Å²) < 4.78 is 0. The lowest BCUT2D eigenvalue weighted by Gasteiger charge is -2.20. The maximum Gasteiger partial charge on any atom is 0.317 e. The largest absolute Gasteiger partial charge is 0.481 e. The van der Waals surface area contributed by atoms with Gasteiger partial charge in [-0.15, -0.1) is 0 Å². The number of likely N-dealkylation sites (tertiary alicyclic amines) is 1. The minimum absolute atomic E-state index is 0.221. The highest BCUT2D eigenvalue weighted by atomic mass is 16.4. The zero-order valence-corrected chi connectivity index (χ0v) is 13.0. The summed E-state index contributed by atoms with van der Waals surface area (Å²) in [5.41, 5.74) is 1.06. The van der Waals surface area contributed by atoms with E-state index in [1.165, 1.54) is 0 Å². The number of nitrogens with one attached hydrogen (secondary N) is 1. The third-order valence-corrected chi connectivity index (χ3v) is 4.39. The second-order valence-electron chi connectivity index (χ2n) is 6.23. The van der Waals surface area contributed by atoms with Crippen LogP contribution >= 0.6 is 0 Å². The van der Waals surface area contributed by atoms with Crippen LogP contribution in [0.3, 0.4) is 0 Å². The van der Waals surface area contributed by atoms with E-state index in [0.717, 1.165) is 16.5 Å². The predicted molar refractivity (Wildman–Crippen MR) is 85.9 cm³/mol. The van der Waals surface area contributed by atoms with Gasteiger partial charge in [0.1, 0.15) is 0 Å². The molecule has 1 unspecified atom stereocenters. The van der Waals surface area contributed by atoms with Gasteiger partial charge in [-0.2, -0.15) is 0 Å². The molecule has 120 valence electrons. The normalized spacial score (nSPS) is 20.7. The number of aromatic nitrogens is 1. The molecule has 3 rings (SSSR count). The molecule has 2 amide bonds. The molecular weight excluding hydrogens is 294 g/mol. The molecule has 1 saturated heterocycles. The molecule has 2 N–H and O–H groups in total. The van der Waals surface area contributed by atoms with E-state index in [1.807, 2.05) is 30.3 Å². The van der Waals surface area contributed by atoms with Crippen LogP contribution in [0.5, 0.6) is 0 Å². The number of carboxylic acid groups (broad SMARTS) is 1. The van der Waals surface area contributed by atoms with Crippen LogP contribution in [0.15, 0.2) is 36.5 Å². The molecule has 1 fully saturated rings. The van der Waals surface area contributed by atoms with Crippen LogP contribution in [0.1, 0.15) is 18.9 Å². The Morgan fingerprint density at radius 2 is 2.22 bits per heavy atom. The maximum atomic E-state index is 12.2. The third-order valence-electron chi connectivity index (χ3n) is 4.39. The Morgan fingerprint density at radius 1 is 1.39 bits per heavy atom. The lowest BCUT2D eigenvalue weighted by Crippen LogP contribution is -2.40. The van der Waals surface area contributed by atoms with E-state index >= 15 is 0 Å². The fraction of sp³-hybridized carbons (Fsp3) is 0.353. The van der Waals surface area contributed by atoms with Crippen molar-refractivity contribution in [2.75, 3.05) is 13.1 Å². The zero-order valence-electron chi connectivity index (χ0n) is 13.0. The SMILES string of the molecule is CC1(C(=O)O)CCN(C(=O)NCc2ccc3ncccc3c2)C1. The molecular formula is C17H19N3O3. The van der Waals surface area contributed by atoms with E-state index in [4.69, 9.17) is 0 Å². The Labute approximate surface area is 134 Å². The molecule has 0 saturated carbocycles. The summed E-state index contributed by atoms with van der Waals surface area (Å²) in [6.45, 7) is 2.80. The Kier molecular flexibility index (Phi) is 3.90. The second-order valence-corrected chi connectivity index (χ2v) is 6.23. The summed E-state index contributed by atoms with van der Waals surface area (Å²) in [6, 6.07) is 9.48. The molecule has 1 aromatic carbocycles. The number of urea groups is 1. The van der Waals surface area contributed by atoms with Crippen molar-refractivity contribution in [3.63, 3.8) is 0 Å². The molecule has 1 aromatic heterocycles. The average molecular weight is 313 g/mol. The highest BCUT2D eigenvalue weighted by molar-refractivity contribution is 5.80. The van der Waals surface area contributed by atoms with Crippen LogP contribution in [0.2, 0.25) is 0 Å². The molecule has 23 heavy (non-hydrogen) atoms. The maximum absolute atomic E-state index is 12.2. The summed E-state index contributed by atoms with van der Waals surface area (Å²) in [5.74, 6) is -0.852. The van der Waals surface area contributed by atoms with Crippen LogP contribution in [-0.4, -0.2) is 40.1 Å². The van der Waals surface area contributed by atoms with Gasteiger partial charge in [0.2, 0.25) is 0 Å². The Hall–Kier alpha value is -2.63. The van der Waals surface area contributed by atoms with Gasteiger partial charge < -0.3 is 15.3 Å². The van der Waals surface area contributed by atoms with Gasteiger partial charge in [-0.1, -0.05) is 12.1 Å². The summed E-state index contributed by atoms with van der Waals surface area (Å²) in [5, 5.41) is 13.1. The van der Waals surface area contributed by atoms with Gasteiger partial charge >= 0.3 is 12.0 Å². The van der Waals surface area contributed by atoms with E-state index < -0.39 is 11.4 Å². The van der Waals surface area contributed by atoms with Gasteiger partial charge in [0.05, 0.1) is 10.9 Å². The summed E-state index contributed by atoms with van der Waals surface area (Å²) in [6.07, 6.45) is 2.23. The number of carboxylic acids is 1. The van der Waals surface area contributed by atoms with Crippen molar-refractivity contribution in [1.29, 1.82) is 0 Å². The Balaban J connectivity index is 1.61. The molecule has 2 aromatic rings. The monoisotopic (exact) mass is 313 g/mol. The zero-order chi connectivity index (χ0) is 16.4. The number of hydrogen-bond donors (Lipinski definition) is 2. The molecule has 2 heterocycles. The predicted octanol–water partition coefficient (Wildman–Crippen LogP) is 2.24. The Morgan fingerprint density at radius 3 is 2.96 bits per heavy atom. The van der Waals surface area contributed by atoms with Gasteiger partial charge in [0.25, 0.3) is 0 Å². The number of rotatable bonds is 3. The Bertz CT molecular complexity index is 762. The van der Waals surface area contributed by atoms with E-state index in [9.17, 15) is 14.7 Å². The first-order chi connectivity index (χ1) is 11.0. The van der Waals surface area contributed by atoms with Crippen LogP contribution in [-0.2, 0) is 11.3 Å². The van der Waals surface area contributed by atoms with Gasteiger partial charge in [-0.05, 0) is 37.1 Å². The van der Waals surface area contributed by atoms with Gasteiger partial charge in [-0.3, -0.25) is 9.78 Å². The van der Waals surface area contributed by atoms with Crippen molar-refractivity contribution in [2.24, 2.45) is 5.41 Å². The first-order valence-electron chi connectivity index (χ1n) is 7.58. The molecule has 0 aliphatic carbocycles. The first kappa shape index (κ1) is 15.3. The van der Waals surface area contributed by atoms with Crippen molar-refractivity contribution < 1.29 is 14.7 Å². The van der Waals surface area contributed by atoms with Crippen molar-refractivity contribution in [1.82, 2.24) is 15.2 Å². The molecule has 1 aliphatic heterocycles. The number of carbonyl (C=O) groups excluding carboxylic acids is 1. The quantitative estimate of drug-likeness (QED) is 0.910. The van der Waals surface area contributed by atoms with Crippen molar-refractivity contribution in [3.05, 3.63) is 42.1 Å². The summed E-state index contributed by atoms with van der Waals surface area (Å²) in [4.78, 5) is 29.3. The molecule has 1 aliphatic rings. The number of hydrogen-bond acceptors (Lipinski definition) is 3. The van der Waals surface area contributed by atoms with E-state index in [-0.39, 0.29) is 12.6 Å². The number of aliphatic carboxylic acids is 1. The number of benzene rings is 1. The van der Waals surface area contributed by atoms with E-state index in [2.05, 4.69) is 10.3 Å². The van der Waals surface area contributed by atoms with Crippen molar-refractivity contribution >= 4 is 22.9 Å². The lowest BCUT2D eigenvalue weighted by atomic mass is 9.90. The van der Waals surface area contributed by atoms with Gasteiger partial charge in [0.15, 0.2) is 0 Å². The second kappa shape index (κ2) is 5.87. The number of carbonyl (C=O) groups is 2. The topological polar surface area (TPSA) is 82.5 Å². The van der Waals surface area contributed by atoms with Gasteiger partial charge in [0, 0.05) is 31.2 Å². The summed E-state index contributed by atoms with van der Waals surface area (Å²) in [7, 11) is 0. The standard InChI is InChI=1S/C17H19N3O3/c1-17(15(21)22)6-8-20(11-17)16(23)19-10-12-4-5-14-13(9-12)3-2-7-18-14/h2-5,7,9H,6,8,10-11H2,1H3,(H,19,23)(H,21,22). The number of pyridine rings is 1. The molecule has 0 bridgehead atoms. The molecule has 6 nitrogen and oxygen atoms in total. The molecule has 1 atom stereocenters. The molecule has 0 spiro atoms. The van der Waals surface area contributed by atoms with Crippen LogP contribution in [0, 0.1) is 5.41 Å². The van der Waals surface area contributed by atoms with E-state index in [1.54, 1.807) is 18.0 Å². The smallest absolute Gasteiger partial charge is 0.317 e. The number of amides is 2. The number of fused-ring (bicyclic) bond motifs is 1. The fourth-order valence-electron chi connectivity index (χ4n) is 2.83. The highest BCUT2D eigenvalue weighted by Crippen LogP contribution is 2.30. The lowest BCUT2D eigenvalue weighted by molar-refractivity contribution is -0.146. The van der Waals surface area contributed by atoms with Crippen LogP contribution in [0.4, 0.5) is 4.79 Å². The highest BCUT2D eigenvalue weighted by Gasteiger charge is 2.42. The summed E-state index contributed by atoms with van der Waals surface area (Å²) >= 11 is 0. The van der Waals surface area contributed by atoms with Crippen molar-refractivity contribution in [2.45, 2.75) is 19.9 Å². The third kappa shape index (κ3) is 3.11. The molecule has 6 heteroatoms. The minimum atomic E-state index is -0.852. The van der Waals surface area contributed by atoms with Gasteiger partial charge in [-0.25, -0.2) is 4.79 Å². The number of nitrogens with zero attached hydrogens (tertiary/aromatic N) is 2. The minimum Gasteiger partial charge on any atom is -0.481 e. The van der Waals surface area contributed by atoms with E-state index in [0.29, 0.717) is 19.5 Å². The van der Waals surface area contributed by atoms with Crippen molar-refractivity contribution in [3.8, 4) is 0 Å². The van der Waals surface area contributed by atoms with Crippen LogP contribution in [0.25, 0.3) is 10.9 Å². The first-order valence-corrected chi connectivity index (χ1v) is 7.58. The molecule has 0 radical (unpaired) electrons. The average Bonchev–Trinajstić information content (AvgIpc) is 2.96. The fourth-order valence-corrected chi connectivity index (χ4v) is 2.83.